The molecule has 3 aliphatic rings. The van der Waals surface area contributed by atoms with Crippen molar-refractivity contribution in [3.63, 3.8) is 0 Å². The van der Waals surface area contributed by atoms with E-state index < -0.39 is 17.7 Å². The Kier molecular flexibility index (Phi) is 19.7. The van der Waals surface area contributed by atoms with Crippen LogP contribution >= 0.6 is 0 Å². The van der Waals surface area contributed by atoms with Gasteiger partial charge in [0.15, 0.2) is 0 Å². The number of nitrogens with zero attached hydrogens (tertiary/aromatic N) is 3. The summed E-state index contributed by atoms with van der Waals surface area (Å²) in [5.74, 6) is -0.193. The first-order valence-corrected chi connectivity index (χ1v) is 26.4. The van der Waals surface area contributed by atoms with E-state index in [0.717, 1.165) is 89.5 Å². The fourth-order valence-electron chi connectivity index (χ4n) is 11.4. The Bertz CT molecular complexity index is 2320. The Labute approximate surface area is 412 Å². The van der Waals surface area contributed by atoms with Gasteiger partial charge in [0.05, 0.1) is 23.9 Å². The molecule has 1 fully saturated rings. The minimum absolute atomic E-state index is 0.0669. The smallest absolute Gasteiger partial charge is 0.239 e. The van der Waals surface area contributed by atoms with Crippen LogP contribution in [0.2, 0.25) is 0 Å². The number of unbranched alkanes of at least 4 members (excludes halogenated alkanes) is 10. The molecule has 1 aliphatic heterocycles. The molecule has 1 aromatic heterocycles. The molecule has 69 heavy (non-hydrogen) atoms. The number of aliphatic hydroxyl groups is 2. The van der Waals surface area contributed by atoms with E-state index in [-0.39, 0.29) is 43.5 Å². The summed E-state index contributed by atoms with van der Waals surface area (Å²) in [5, 5.41) is 27.3. The topological polar surface area (TPSA) is 123 Å². The number of fused-ring (bicyclic) bond motifs is 3. The SMILES string of the molecule is C=CCO[C@@]12Oc3ccc(OCc4cccc(C)n4)cc3[C@H]3[C@H](CCCCO)[C@@H](CCCCO)C=C(C(=NOCC)C[C@@H]1N(Cc1cccc4ccccc14)C(=O)CCCCCCCCCCC)[C@H]32. The van der Waals surface area contributed by atoms with Crippen molar-refractivity contribution >= 4 is 22.4 Å². The largest absolute Gasteiger partial charge is 0.487 e. The van der Waals surface area contributed by atoms with Gasteiger partial charge in [-0.25, -0.2) is 0 Å². The van der Waals surface area contributed by atoms with Gasteiger partial charge in [-0.1, -0.05) is 137 Å². The minimum Gasteiger partial charge on any atom is -0.487 e. The third-order valence-electron chi connectivity index (χ3n) is 14.7. The number of allylic oxidation sites excluding steroid dienone is 1. The Balaban J connectivity index is 1.37. The Morgan fingerprint density at radius 2 is 1.62 bits per heavy atom. The molecule has 1 amide bonds. The van der Waals surface area contributed by atoms with Crippen molar-refractivity contribution in [2.75, 3.05) is 26.4 Å². The molecule has 6 atom stereocenters. The first-order chi connectivity index (χ1) is 33.8. The molecule has 10 heteroatoms. The molecule has 0 spiro atoms. The summed E-state index contributed by atoms with van der Waals surface area (Å²) in [7, 11) is 0. The number of aliphatic hydroxyl groups excluding tert-OH is 2. The van der Waals surface area contributed by atoms with Crippen molar-refractivity contribution in [3.8, 4) is 11.5 Å². The van der Waals surface area contributed by atoms with Gasteiger partial charge in [0, 0.05) is 49.8 Å². The molecular formula is C59H79N3O7. The number of hydrogen-bond acceptors (Lipinski definition) is 9. The van der Waals surface area contributed by atoms with Crippen LogP contribution < -0.4 is 9.47 Å². The van der Waals surface area contributed by atoms with Gasteiger partial charge < -0.3 is 34.2 Å². The molecule has 3 aromatic carbocycles. The van der Waals surface area contributed by atoms with E-state index in [1.54, 1.807) is 6.08 Å². The van der Waals surface area contributed by atoms with Crippen molar-refractivity contribution in [1.82, 2.24) is 9.88 Å². The fraction of sp³-hybridized carbons (Fsp3) is 0.542. The summed E-state index contributed by atoms with van der Waals surface area (Å²) in [5.41, 5.74) is 5.70. The highest BCUT2D eigenvalue weighted by Crippen LogP contribution is 2.62. The number of pyridine rings is 1. The molecule has 372 valence electrons. The van der Waals surface area contributed by atoms with Crippen LogP contribution in [0.3, 0.4) is 0 Å². The summed E-state index contributed by atoms with van der Waals surface area (Å²) < 4.78 is 21.4. The van der Waals surface area contributed by atoms with E-state index in [1.165, 1.54) is 38.5 Å². The standard InChI is InChI=1S/C59H79N3O7/c1-5-8-9-10-11-12-13-14-15-32-56(65)62(41-46-28-23-27-44-25-16-17-30-49(44)46)55-40-53(61-68-7-3)51-38-45(26-18-20-35-63)50(31-19-21-36-64)57-52-39-48(66-42-47-29-22-24-43(4)60-47)33-34-54(52)69-59(55,58(51)57)67-37-6-2/h6,16-17,22-25,27-30,33-34,38-39,45,50,55,57-58,63-64H,2,5,7-15,18-21,26,31-32,35-37,40-42H2,1,3-4H3/t45-,50+,55-,57+,58+,59+/m0/s1. The lowest BCUT2D eigenvalue weighted by atomic mass is 9.55. The lowest BCUT2D eigenvalue weighted by Gasteiger charge is -2.60. The van der Waals surface area contributed by atoms with E-state index in [0.29, 0.717) is 56.9 Å². The predicted octanol–water partition coefficient (Wildman–Crippen LogP) is 12.7. The van der Waals surface area contributed by atoms with Gasteiger partial charge in [0.25, 0.3) is 0 Å². The summed E-state index contributed by atoms with van der Waals surface area (Å²) in [4.78, 5) is 28.2. The third kappa shape index (κ3) is 12.8. The number of carbonyl (C=O) groups excluding carboxylic acids is 1. The number of hydrogen-bond donors (Lipinski definition) is 2. The van der Waals surface area contributed by atoms with Gasteiger partial charge in [0.2, 0.25) is 11.7 Å². The minimum atomic E-state index is -1.35. The van der Waals surface area contributed by atoms with E-state index in [4.69, 9.17) is 29.2 Å². The van der Waals surface area contributed by atoms with Crippen LogP contribution in [0.1, 0.15) is 151 Å². The number of oxime groups is 1. The maximum absolute atomic E-state index is 15.4. The molecule has 0 unspecified atom stereocenters. The maximum Gasteiger partial charge on any atom is 0.239 e. The zero-order valence-corrected chi connectivity index (χ0v) is 41.8. The van der Waals surface area contributed by atoms with Gasteiger partial charge in [-0.15, -0.1) is 6.58 Å². The van der Waals surface area contributed by atoms with E-state index in [2.05, 4.69) is 73.0 Å². The first-order valence-electron chi connectivity index (χ1n) is 26.4. The molecule has 2 aliphatic carbocycles. The van der Waals surface area contributed by atoms with Gasteiger partial charge in [-0.05, 0) is 110 Å². The van der Waals surface area contributed by atoms with Crippen LogP contribution in [0.25, 0.3) is 10.8 Å². The second-order valence-corrected chi connectivity index (χ2v) is 19.5. The average Bonchev–Trinajstić information content (AvgIpc) is 3.36. The third-order valence-corrected chi connectivity index (χ3v) is 14.7. The average molecular weight is 942 g/mol. The van der Waals surface area contributed by atoms with E-state index >= 15 is 4.79 Å². The van der Waals surface area contributed by atoms with Crippen LogP contribution in [-0.2, 0) is 27.5 Å². The highest BCUT2D eigenvalue weighted by Gasteiger charge is 2.65. The summed E-state index contributed by atoms with van der Waals surface area (Å²) >= 11 is 0. The van der Waals surface area contributed by atoms with Gasteiger partial charge in [-0.3, -0.25) is 9.78 Å². The lowest BCUT2D eigenvalue weighted by molar-refractivity contribution is -0.258. The van der Waals surface area contributed by atoms with Crippen molar-refractivity contribution in [2.45, 2.75) is 161 Å². The van der Waals surface area contributed by atoms with Crippen molar-refractivity contribution in [3.05, 3.63) is 126 Å². The van der Waals surface area contributed by atoms with Crippen LogP contribution in [0, 0.1) is 24.7 Å². The normalized spacial score (nSPS) is 22.1. The molecule has 4 aromatic rings. The number of aromatic nitrogens is 1. The highest BCUT2D eigenvalue weighted by molar-refractivity contribution is 6.03. The molecule has 0 bridgehead atoms. The second-order valence-electron chi connectivity index (χ2n) is 19.5. The Morgan fingerprint density at radius 1 is 0.884 bits per heavy atom. The summed E-state index contributed by atoms with van der Waals surface area (Å²) in [6, 6.07) is 26.3. The second kappa shape index (κ2) is 26.3. The maximum atomic E-state index is 15.4. The molecule has 2 heterocycles. The van der Waals surface area contributed by atoms with Gasteiger partial charge in [-0.2, -0.15) is 0 Å². The highest BCUT2D eigenvalue weighted by atomic mass is 16.7. The number of aryl methyl sites for hydroxylation is 1. The van der Waals surface area contributed by atoms with Crippen LogP contribution in [0.5, 0.6) is 11.5 Å². The van der Waals surface area contributed by atoms with Crippen LogP contribution in [-0.4, -0.2) is 70.0 Å². The van der Waals surface area contributed by atoms with E-state index in [1.807, 2.05) is 44.2 Å². The number of amides is 1. The zero-order chi connectivity index (χ0) is 48.4. The molecule has 2 N–H and O–H groups in total. The van der Waals surface area contributed by atoms with Crippen LogP contribution in [0.4, 0.5) is 0 Å². The van der Waals surface area contributed by atoms with Crippen molar-refractivity contribution in [1.29, 1.82) is 0 Å². The molecule has 7 rings (SSSR count). The van der Waals surface area contributed by atoms with E-state index in [9.17, 15) is 10.2 Å². The number of rotatable bonds is 29. The molecule has 1 saturated carbocycles. The monoisotopic (exact) mass is 942 g/mol. The van der Waals surface area contributed by atoms with Crippen molar-refractivity contribution in [2.24, 2.45) is 22.9 Å². The summed E-state index contributed by atoms with van der Waals surface area (Å²) in [6.45, 7) is 11.8. The number of ether oxygens (including phenoxy) is 3. The zero-order valence-electron chi connectivity index (χ0n) is 41.8. The molecule has 0 radical (unpaired) electrons. The van der Waals surface area contributed by atoms with Gasteiger partial charge >= 0.3 is 0 Å². The fourth-order valence-corrected chi connectivity index (χ4v) is 11.4. The number of carbonyl (C=O) groups is 1. The lowest BCUT2D eigenvalue weighted by Crippen LogP contribution is -2.70. The summed E-state index contributed by atoms with van der Waals surface area (Å²) in [6.07, 6.45) is 20.2. The Morgan fingerprint density at radius 3 is 2.38 bits per heavy atom. The Hall–Kier alpha value is -5.03. The van der Waals surface area contributed by atoms with Crippen LogP contribution in [0.15, 0.2) is 108 Å². The number of benzene rings is 3. The molecule has 10 nitrogen and oxygen atoms in total. The van der Waals surface area contributed by atoms with Gasteiger partial charge in [0.1, 0.15) is 30.8 Å². The molecular weight excluding hydrogens is 863 g/mol. The molecule has 0 saturated heterocycles. The first kappa shape index (κ1) is 51.8. The quantitative estimate of drug-likeness (QED) is 0.0313. The predicted molar refractivity (Wildman–Crippen MR) is 276 cm³/mol. The van der Waals surface area contributed by atoms with Crippen molar-refractivity contribution < 1.29 is 34.1 Å².